The second kappa shape index (κ2) is 9.02. The molecule has 4 rings (SSSR count). The van der Waals surface area contributed by atoms with E-state index >= 15 is 0 Å². The molecule has 34 heavy (non-hydrogen) atoms. The first-order valence-electron chi connectivity index (χ1n) is 10.8. The maximum absolute atomic E-state index is 13.1. The number of carbonyl (C=O) groups is 1. The number of phosphoric acid groups is 1. The number of esters is 1. The Labute approximate surface area is 195 Å². The van der Waals surface area contributed by atoms with Gasteiger partial charge in [-0.2, -0.15) is 9.97 Å². The molecule has 0 radical (unpaired) electrons. The number of rotatable bonds is 7. The molecule has 0 bridgehead atoms. The fourth-order valence-electron chi connectivity index (χ4n) is 3.81. The summed E-state index contributed by atoms with van der Waals surface area (Å²) >= 11 is 0. The van der Waals surface area contributed by atoms with Crippen LogP contribution in [0.15, 0.2) is 6.33 Å². The third kappa shape index (κ3) is 4.49. The van der Waals surface area contributed by atoms with Gasteiger partial charge in [-0.3, -0.25) is 18.1 Å². The molecule has 2 aromatic heterocycles. The Balaban J connectivity index is 1.58. The molecular formula is C19H28N5O9P. The van der Waals surface area contributed by atoms with Crippen LogP contribution in [0.4, 0.5) is 5.95 Å². The van der Waals surface area contributed by atoms with Gasteiger partial charge in [0.25, 0.3) is 0 Å². The van der Waals surface area contributed by atoms with Crippen molar-refractivity contribution in [1.82, 2.24) is 19.5 Å². The standard InChI is InChI=1S/C19H28N5O9P/c1-6-28-15-12-14(22-18(20)23-15)24(8-21-12)17-19(5,26)13-11(31-17)7-29-34(27,33-13)32-10(4)16(25)30-9(2)3/h8-11,13,17,26H,6-7H2,1-5H3,(H2,20,22,23)/t10?,11-,13-,17-,19-,34+/m1/s1. The monoisotopic (exact) mass is 501 g/mol. The zero-order valence-corrected chi connectivity index (χ0v) is 20.3. The molecule has 0 aliphatic carbocycles. The number of aliphatic hydroxyl groups is 1. The van der Waals surface area contributed by atoms with Crippen LogP contribution >= 0.6 is 7.82 Å². The van der Waals surface area contributed by atoms with Crippen molar-refractivity contribution in [3.63, 3.8) is 0 Å². The maximum Gasteiger partial charge on any atom is 0.476 e. The Bertz CT molecular complexity index is 1120. The number of hydrogen-bond acceptors (Lipinski definition) is 13. The number of aromatic nitrogens is 4. The summed E-state index contributed by atoms with van der Waals surface area (Å²) < 4.78 is 47.3. The summed E-state index contributed by atoms with van der Waals surface area (Å²) in [5, 5.41) is 11.4. The highest BCUT2D eigenvalue weighted by molar-refractivity contribution is 7.48. The van der Waals surface area contributed by atoms with Crippen LogP contribution < -0.4 is 10.5 Å². The number of nitrogens with zero attached hydrogens (tertiary/aromatic N) is 4. The van der Waals surface area contributed by atoms with Crippen molar-refractivity contribution >= 4 is 30.9 Å². The summed E-state index contributed by atoms with van der Waals surface area (Å²) in [6, 6.07) is 0. The van der Waals surface area contributed by atoms with Gasteiger partial charge in [0.2, 0.25) is 11.8 Å². The van der Waals surface area contributed by atoms with Gasteiger partial charge in [0.15, 0.2) is 23.5 Å². The van der Waals surface area contributed by atoms with Crippen LogP contribution in [0.5, 0.6) is 5.88 Å². The van der Waals surface area contributed by atoms with Crippen molar-refractivity contribution in [3.8, 4) is 5.88 Å². The SMILES string of the molecule is CCOc1nc(N)nc2c1ncn2[C@@H]1O[C@@H]2CO[P@@](=O)(OC(C)C(=O)OC(C)C)O[C@H]2[C@@]1(C)O. The zero-order chi connectivity index (χ0) is 24.8. The number of nitrogens with two attached hydrogens (primary N) is 1. The first-order chi connectivity index (χ1) is 15.9. The Kier molecular flexibility index (Phi) is 6.57. The second-order valence-electron chi connectivity index (χ2n) is 8.40. The van der Waals surface area contributed by atoms with Crippen LogP contribution in [0.25, 0.3) is 11.2 Å². The molecule has 0 aromatic carbocycles. The minimum absolute atomic E-state index is 0.0486. The van der Waals surface area contributed by atoms with E-state index in [1.807, 2.05) is 0 Å². The van der Waals surface area contributed by atoms with E-state index in [2.05, 4.69) is 15.0 Å². The lowest BCUT2D eigenvalue weighted by atomic mass is 9.96. The van der Waals surface area contributed by atoms with E-state index in [4.69, 9.17) is 33.5 Å². The second-order valence-corrected chi connectivity index (χ2v) is 9.97. The lowest BCUT2D eigenvalue weighted by molar-refractivity contribution is -0.157. The summed E-state index contributed by atoms with van der Waals surface area (Å²) in [6.45, 7) is 8.08. The molecule has 15 heteroatoms. The number of nitrogen functional groups attached to an aromatic ring is 1. The fourth-order valence-corrected chi connectivity index (χ4v) is 5.41. The van der Waals surface area contributed by atoms with E-state index in [0.717, 1.165) is 0 Å². The van der Waals surface area contributed by atoms with Crippen LogP contribution in [0.2, 0.25) is 0 Å². The van der Waals surface area contributed by atoms with Gasteiger partial charge in [-0.1, -0.05) is 0 Å². The number of imidazole rings is 1. The van der Waals surface area contributed by atoms with Gasteiger partial charge in [0, 0.05) is 0 Å². The van der Waals surface area contributed by atoms with Crippen LogP contribution in [-0.2, 0) is 32.4 Å². The lowest BCUT2D eigenvalue weighted by Gasteiger charge is -2.35. The Hall–Kier alpha value is -2.35. The molecule has 14 nitrogen and oxygen atoms in total. The number of fused-ring (bicyclic) bond motifs is 2. The molecule has 2 aromatic rings. The number of anilines is 1. The van der Waals surface area contributed by atoms with Crippen LogP contribution in [0.3, 0.4) is 0 Å². The highest BCUT2D eigenvalue weighted by Crippen LogP contribution is 2.59. The number of hydrogen-bond donors (Lipinski definition) is 2. The first kappa shape index (κ1) is 24.8. The smallest absolute Gasteiger partial charge is 0.476 e. The Morgan fingerprint density at radius 3 is 2.82 bits per heavy atom. The largest absolute Gasteiger partial charge is 0.476 e. The summed E-state index contributed by atoms with van der Waals surface area (Å²) in [5.41, 5.74) is 4.69. The molecule has 4 heterocycles. The van der Waals surface area contributed by atoms with Crippen molar-refractivity contribution in [3.05, 3.63) is 6.33 Å². The van der Waals surface area contributed by atoms with Gasteiger partial charge >= 0.3 is 13.8 Å². The van der Waals surface area contributed by atoms with E-state index in [1.54, 1.807) is 20.8 Å². The molecule has 2 aliphatic heterocycles. The minimum Gasteiger partial charge on any atom is -0.476 e. The van der Waals surface area contributed by atoms with Crippen molar-refractivity contribution < 1.29 is 42.2 Å². The van der Waals surface area contributed by atoms with Gasteiger partial charge in [-0.15, -0.1) is 0 Å². The fraction of sp³-hybridized carbons (Fsp3) is 0.684. The Morgan fingerprint density at radius 2 is 2.15 bits per heavy atom. The normalized spacial score (nSPS) is 32.0. The van der Waals surface area contributed by atoms with Gasteiger partial charge in [0.05, 0.1) is 25.6 Å². The average Bonchev–Trinajstić information content (AvgIpc) is 3.25. The van der Waals surface area contributed by atoms with Gasteiger partial charge < -0.3 is 25.1 Å². The van der Waals surface area contributed by atoms with E-state index in [9.17, 15) is 14.5 Å². The molecule has 2 fully saturated rings. The van der Waals surface area contributed by atoms with E-state index in [0.29, 0.717) is 12.1 Å². The number of ether oxygens (including phenoxy) is 3. The molecular weight excluding hydrogens is 473 g/mol. The highest BCUT2D eigenvalue weighted by Gasteiger charge is 2.60. The van der Waals surface area contributed by atoms with Crippen molar-refractivity contribution in [2.24, 2.45) is 0 Å². The predicted octanol–water partition coefficient (Wildman–Crippen LogP) is 1.34. The van der Waals surface area contributed by atoms with Gasteiger partial charge in [0.1, 0.15) is 17.8 Å². The summed E-state index contributed by atoms with van der Waals surface area (Å²) in [7, 11) is -4.22. The van der Waals surface area contributed by atoms with E-state index < -0.39 is 43.9 Å². The molecule has 188 valence electrons. The van der Waals surface area contributed by atoms with Gasteiger partial charge in [-0.05, 0) is 34.6 Å². The molecule has 3 N–H and O–H groups in total. The molecule has 0 amide bonds. The third-order valence-corrected chi connectivity index (χ3v) is 6.79. The predicted molar refractivity (Wildman–Crippen MR) is 116 cm³/mol. The average molecular weight is 501 g/mol. The van der Waals surface area contributed by atoms with Crippen molar-refractivity contribution in [2.75, 3.05) is 18.9 Å². The summed E-state index contributed by atoms with van der Waals surface area (Å²) in [6.07, 6.45) is -3.18. The molecule has 0 spiro atoms. The van der Waals surface area contributed by atoms with Gasteiger partial charge in [-0.25, -0.2) is 14.3 Å². The van der Waals surface area contributed by atoms with Crippen LogP contribution in [0, 0.1) is 0 Å². The molecule has 6 atom stereocenters. The molecule has 2 aliphatic rings. The van der Waals surface area contributed by atoms with Crippen LogP contribution in [0.1, 0.15) is 40.8 Å². The van der Waals surface area contributed by atoms with E-state index in [1.165, 1.54) is 24.7 Å². The van der Waals surface area contributed by atoms with E-state index in [-0.39, 0.29) is 30.2 Å². The van der Waals surface area contributed by atoms with Crippen molar-refractivity contribution in [1.29, 1.82) is 0 Å². The topological polar surface area (TPSA) is 179 Å². The molecule has 2 saturated heterocycles. The first-order valence-corrected chi connectivity index (χ1v) is 12.2. The molecule has 1 unspecified atom stereocenters. The summed E-state index contributed by atoms with van der Waals surface area (Å²) in [4.78, 5) is 24.6. The zero-order valence-electron chi connectivity index (χ0n) is 19.4. The molecule has 0 saturated carbocycles. The highest BCUT2D eigenvalue weighted by atomic mass is 31.2. The Morgan fingerprint density at radius 1 is 1.41 bits per heavy atom. The third-order valence-electron chi connectivity index (χ3n) is 5.27. The van der Waals surface area contributed by atoms with Crippen LogP contribution in [-0.4, -0.2) is 73.8 Å². The maximum atomic E-state index is 13.1. The minimum atomic E-state index is -4.22. The lowest BCUT2D eigenvalue weighted by Crippen LogP contribution is -2.48. The van der Waals surface area contributed by atoms with Crippen molar-refractivity contribution in [2.45, 2.75) is 70.9 Å². The number of carbonyl (C=O) groups excluding carboxylic acids is 1. The quantitative estimate of drug-likeness (QED) is 0.410. The number of phosphoric ester groups is 1. The summed E-state index contributed by atoms with van der Waals surface area (Å²) in [5.74, 6) is -0.579.